The van der Waals surface area contributed by atoms with E-state index in [1.54, 1.807) is 0 Å². The minimum absolute atomic E-state index is 0.0758. The summed E-state index contributed by atoms with van der Waals surface area (Å²) in [6, 6.07) is 4.80. The minimum Gasteiger partial charge on any atom is -0.320 e. The van der Waals surface area contributed by atoms with Gasteiger partial charge in [-0.1, -0.05) is 22.6 Å². The molecule has 0 saturated carbocycles. The normalized spacial score (nSPS) is 13.0. The number of nitrogens with one attached hydrogen (secondary N) is 2. The van der Waals surface area contributed by atoms with Crippen molar-refractivity contribution in [3.63, 3.8) is 0 Å². The lowest BCUT2D eigenvalue weighted by Crippen LogP contribution is -2.21. The molecule has 2 aromatic heterocycles. The van der Waals surface area contributed by atoms with Gasteiger partial charge < -0.3 is 5.32 Å². The Bertz CT molecular complexity index is 957. The molecular formula is C16H11F4IN4O. The van der Waals surface area contributed by atoms with E-state index in [0.717, 1.165) is 18.3 Å². The number of H-pyrrole nitrogens is 1. The molecule has 0 radical (unpaired) electrons. The van der Waals surface area contributed by atoms with Crippen molar-refractivity contribution < 1.29 is 22.4 Å². The van der Waals surface area contributed by atoms with E-state index in [4.69, 9.17) is 0 Å². The van der Waals surface area contributed by atoms with Gasteiger partial charge in [-0.2, -0.15) is 18.3 Å². The van der Waals surface area contributed by atoms with Gasteiger partial charge in [0.2, 0.25) is 0 Å². The molecule has 1 amide bonds. The van der Waals surface area contributed by atoms with Gasteiger partial charge in [0, 0.05) is 27.3 Å². The molecule has 10 heteroatoms. The fraction of sp³-hybridized carbons (Fsp3) is 0.188. The first-order valence-electron chi connectivity index (χ1n) is 7.32. The summed E-state index contributed by atoms with van der Waals surface area (Å²) in [7, 11) is 0. The van der Waals surface area contributed by atoms with Crippen molar-refractivity contribution in [2.75, 3.05) is 9.74 Å². The molecule has 0 spiro atoms. The third kappa shape index (κ3) is 3.64. The highest BCUT2D eigenvalue weighted by molar-refractivity contribution is 14.1. The Morgan fingerprint density at radius 1 is 1.35 bits per heavy atom. The van der Waals surface area contributed by atoms with Crippen molar-refractivity contribution in [1.82, 2.24) is 15.2 Å². The molecule has 0 bridgehead atoms. The molecule has 3 rings (SSSR count). The van der Waals surface area contributed by atoms with Crippen LogP contribution in [0.4, 0.5) is 23.2 Å². The van der Waals surface area contributed by atoms with Gasteiger partial charge in [-0.05, 0) is 24.3 Å². The predicted octanol–water partition coefficient (Wildman–Crippen LogP) is 4.67. The van der Waals surface area contributed by atoms with Gasteiger partial charge in [0.25, 0.3) is 5.91 Å². The van der Waals surface area contributed by atoms with Gasteiger partial charge in [0.05, 0.1) is 17.3 Å². The molecule has 0 aliphatic rings. The van der Waals surface area contributed by atoms with Crippen molar-refractivity contribution in [2.24, 2.45) is 0 Å². The quantitative estimate of drug-likeness (QED) is 0.325. The average Bonchev–Trinajstić information content (AvgIpc) is 3.07. The zero-order valence-electron chi connectivity index (χ0n) is 12.9. The molecule has 5 nitrogen and oxygen atoms in total. The second-order valence-electron chi connectivity index (χ2n) is 5.37. The van der Waals surface area contributed by atoms with Crippen molar-refractivity contribution >= 4 is 45.1 Å². The molecule has 1 aromatic carbocycles. The van der Waals surface area contributed by atoms with Crippen LogP contribution in [-0.2, 0) is 6.18 Å². The number of fused-ring (bicyclic) bond motifs is 1. The number of hydrogen-bond donors (Lipinski definition) is 2. The van der Waals surface area contributed by atoms with Gasteiger partial charge in [-0.25, -0.2) is 4.39 Å². The van der Waals surface area contributed by atoms with E-state index in [0.29, 0.717) is 10.9 Å². The highest BCUT2D eigenvalue weighted by atomic mass is 127. The fourth-order valence-corrected chi connectivity index (χ4v) is 2.93. The van der Waals surface area contributed by atoms with Crippen molar-refractivity contribution in [1.29, 1.82) is 0 Å². The Morgan fingerprint density at radius 3 is 2.81 bits per heavy atom. The second kappa shape index (κ2) is 7.17. The molecule has 0 saturated heterocycles. The first-order valence-corrected chi connectivity index (χ1v) is 8.84. The van der Waals surface area contributed by atoms with Crippen LogP contribution < -0.4 is 5.32 Å². The first kappa shape index (κ1) is 18.5. The first-order chi connectivity index (χ1) is 12.3. The molecule has 2 heterocycles. The highest BCUT2D eigenvalue weighted by Crippen LogP contribution is 2.34. The van der Waals surface area contributed by atoms with Crippen LogP contribution in [0.2, 0.25) is 0 Å². The van der Waals surface area contributed by atoms with E-state index >= 15 is 0 Å². The second-order valence-corrected chi connectivity index (χ2v) is 6.25. The lowest BCUT2D eigenvalue weighted by molar-refractivity contribution is -0.138. The maximum atomic E-state index is 14.3. The predicted molar refractivity (Wildman–Crippen MR) is 96.0 cm³/mol. The largest absolute Gasteiger partial charge is 0.418 e. The number of carbonyl (C=O) groups is 1. The molecule has 1 unspecified atom stereocenters. The Labute approximate surface area is 158 Å². The summed E-state index contributed by atoms with van der Waals surface area (Å²) in [6.45, 7) is 0. The summed E-state index contributed by atoms with van der Waals surface area (Å²) in [4.78, 5) is 15.9. The molecule has 1 atom stereocenters. The number of amides is 1. The maximum absolute atomic E-state index is 14.3. The summed E-state index contributed by atoms with van der Waals surface area (Å²) in [5.41, 5.74) is -1.16. The van der Waals surface area contributed by atoms with Gasteiger partial charge in [-0.15, -0.1) is 0 Å². The number of pyridine rings is 1. The zero-order chi connectivity index (χ0) is 18.9. The molecule has 136 valence electrons. The molecule has 0 aliphatic heterocycles. The van der Waals surface area contributed by atoms with Crippen molar-refractivity contribution in [3.05, 3.63) is 53.5 Å². The Morgan fingerprint density at radius 2 is 2.12 bits per heavy atom. The van der Waals surface area contributed by atoms with Crippen LogP contribution >= 0.6 is 22.6 Å². The lowest BCUT2D eigenvalue weighted by atomic mass is 10.1. The number of halogens is 5. The molecule has 2 N–H and O–H groups in total. The fourth-order valence-electron chi connectivity index (χ4n) is 2.46. The smallest absolute Gasteiger partial charge is 0.320 e. The highest BCUT2D eigenvalue weighted by Gasteiger charge is 2.36. The van der Waals surface area contributed by atoms with Gasteiger partial charge in [0.1, 0.15) is 11.9 Å². The van der Waals surface area contributed by atoms with Crippen molar-refractivity contribution in [3.8, 4) is 0 Å². The summed E-state index contributed by atoms with van der Waals surface area (Å²) in [5.74, 6) is -1.07. The number of rotatable bonds is 4. The number of hydrogen-bond acceptors (Lipinski definition) is 3. The Kier molecular flexibility index (Phi) is 5.12. The van der Waals surface area contributed by atoms with E-state index in [1.807, 2.05) is 22.6 Å². The molecule has 3 aromatic rings. The van der Waals surface area contributed by atoms with Gasteiger partial charge in [0.15, 0.2) is 0 Å². The van der Waals surface area contributed by atoms with E-state index in [9.17, 15) is 22.4 Å². The van der Waals surface area contributed by atoms with Gasteiger partial charge in [-0.3, -0.25) is 14.9 Å². The van der Waals surface area contributed by atoms with Crippen LogP contribution in [0.5, 0.6) is 0 Å². The number of nitrogens with zero attached hydrogens (tertiary/aromatic N) is 2. The SMILES string of the molecule is O=C(Nc1cc2cn[nH]c2cc1C(F)CI)c1ncccc1C(F)(F)F. The van der Waals surface area contributed by atoms with Crippen LogP contribution in [0, 0.1) is 0 Å². The van der Waals surface area contributed by atoms with E-state index < -0.39 is 29.5 Å². The number of benzene rings is 1. The monoisotopic (exact) mass is 478 g/mol. The van der Waals surface area contributed by atoms with Crippen LogP contribution in [-0.4, -0.2) is 25.5 Å². The van der Waals surface area contributed by atoms with Crippen LogP contribution in [0.25, 0.3) is 10.9 Å². The molecule has 26 heavy (non-hydrogen) atoms. The third-order valence-electron chi connectivity index (χ3n) is 3.66. The lowest BCUT2D eigenvalue weighted by Gasteiger charge is -2.15. The van der Waals surface area contributed by atoms with Crippen LogP contribution in [0.15, 0.2) is 36.7 Å². The van der Waals surface area contributed by atoms with Crippen molar-refractivity contribution in [2.45, 2.75) is 12.3 Å². The number of anilines is 1. The maximum Gasteiger partial charge on any atom is 0.418 e. The molecule has 0 fully saturated rings. The van der Waals surface area contributed by atoms with E-state index in [2.05, 4.69) is 20.5 Å². The summed E-state index contributed by atoms with van der Waals surface area (Å²) in [6.07, 6.45) is -3.59. The third-order valence-corrected chi connectivity index (χ3v) is 4.43. The summed E-state index contributed by atoms with van der Waals surface area (Å²) >= 11 is 1.84. The molecule has 0 aliphatic carbocycles. The summed E-state index contributed by atoms with van der Waals surface area (Å²) < 4.78 is 53.6. The number of alkyl halides is 5. The van der Waals surface area contributed by atoms with Crippen LogP contribution in [0.1, 0.15) is 27.8 Å². The van der Waals surface area contributed by atoms with E-state index in [1.165, 1.54) is 18.3 Å². The number of carbonyl (C=O) groups excluding carboxylic acids is 1. The zero-order valence-corrected chi connectivity index (χ0v) is 15.1. The standard InChI is InChI=1S/C16H11F4IN4O/c17-11(6-21)9-5-12-8(7-23-25-12)4-13(9)24-15(26)14-10(16(18,19)20)2-1-3-22-14/h1-5,7,11H,6H2,(H,23,25)(H,24,26). The van der Waals surface area contributed by atoms with Crippen LogP contribution in [0.3, 0.4) is 0 Å². The average molecular weight is 478 g/mol. The Hall–Kier alpha value is -2.24. The summed E-state index contributed by atoms with van der Waals surface area (Å²) in [5, 5.41) is 9.45. The van der Waals surface area contributed by atoms with Gasteiger partial charge >= 0.3 is 6.18 Å². The Balaban J connectivity index is 2.02. The van der Waals surface area contributed by atoms with E-state index in [-0.39, 0.29) is 15.7 Å². The number of aromatic nitrogens is 3. The minimum atomic E-state index is -4.73. The topological polar surface area (TPSA) is 70.7 Å². The molecular weight excluding hydrogens is 467 g/mol. The number of aromatic amines is 1.